The molecule has 0 spiro atoms. The van der Waals surface area contributed by atoms with Gasteiger partial charge < -0.3 is 9.84 Å². The van der Waals surface area contributed by atoms with Gasteiger partial charge in [0.1, 0.15) is 23.6 Å². The summed E-state index contributed by atoms with van der Waals surface area (Å²) in [5.74, 6) is 1.52. The molecule has 0 bridgehead atoms. The molecular weight excluding hydrogens is 180 g/mol. The molecular formula is C9H9N4O. The Bertz CT molecular complexity index is 398. The van der Waals surface area contributed by atoms with Crippen LogP contribution < -0.4 is 5.32 Å². The normalized spacial score (nSPS) is 10.1. The van der Waals surface area contributed by atoms with Gasteiger partial charge in [-0.2, -0.15) is 0 Å². The summed E-state index contributed by atoms with van der Waals surface area (Å²) in [4.78, 5) is 7.68. The highest BCUT2D eigenvalue weighted by Gasteiger charge is 1.99. The van der Waals surface area contributed by atoms with E-state index in [2.05, 4.69) is 26.6 Å². The first kappa shape index (κ1) is 8.68. The number of hydrogen-bond donors (Lipinski definition) is 1. The van der Waals surface area contributed by atoms with E-state index in [9.17, 15) is 0 Å². The van der Waals surface area contributed by atoms with Crippen LogP contribution in [0.3, 0.4) is 0 Å². The third-order valence-corrected chi connectivity index (χ3v) is 1.66. The Morgan fingerprint density at radius 3 is 3.14 bits per heavy atom. The lowest BCUT2D eigenvalue weighted by molar-refractivity contribution is 0.391. The van der Waals surface area contributed by atoms with Crippen LogP contribution in [-0.2, 0) is 6.54 Å². The van der Waals surface area contributed by atoms with Crippen LogP contribution >= 0.6 is 0 Å². The van der Waals surface area contributed by atoms with Crippen LogP contribution in [0.25, 0.3) is 0 Å². The molecule has 2 aromatic heterocycles. The molecule has 71 valence electrons. The molecule has 1 radical (unpaired) electrons. The first-order valence-corrected chi connectivity index (χ1v) is 4.19. The number of aryl methyl sites for hydroxylation is 1. The monoisotopic (exact) mass is 189 g/mol. The Morgan fingerprint density at radius 1 is 1.57 bits per heavy atom. The molecule has 0 aliphatic rings. The number of rotatable bonds is 3. The summed E-state index contributed by atoms with van der Waals surface area (Å²) in [6.07, 6.45) is 4.12. The molecule has 0 aliphatic heterocycles. The van der Waals surface area contributed by atoms with E-state index in [4.69, 9.17) is 4.52 Å². The van der Waals surface area contributed by atoms with Crippen LogP contribution in [0.2, 0.25) is 0 Å². The maximum absolute atomic E-state index is 4.92. The van der Waals surface area contributed by atoms with E-state index in [1.807, 2.05) is 13.0 Å². The van der Waals surface area contributed by atoms with Crippen molar-refractivity contribution in [2.45, 2.75) is 13.5 Å². The molecule has 2 heterocycles. The molecule has 5 nitrogen and oxygen atoms in total. The number of nitrogens with one attached hydrogen (secondary N) is 1. The maximum atomic E-state index is 4.92. The lowest BCUT2D eigenvalue weighted by atomic mass is 10.4. The van der Waals surface area contributed by atoms with E-state index >= 15 is 0 Å². The van der Waals surface area contributed by atoms with Gasteiger partial charge in [0, 0.05) is 12.1 Å². The summed E-state index contributed by atoms with van der Waals surface area (Å²) in [5.41, 5.74) is 0.848. The van der Waals surface area contributed by atoms with Crippen molar-refractivity contribution in [3.63, 3.8) is 0 Å². The Kier molecular flexibility index (Phi) is 2.40. The fourth-order valence-electron chi connectivity index (χ4n) is 1.04. The van der Waals surface area contributed by atoms with Crippen LogP contribution in [0.15, 0.2) is 23.0 Å². The Hall–Kier alpha value is -1.91. The second-order valence-corrected chi connectivity index (χ2v) is 2.81. The average Bonchev–Trinajstić information content (AvgIpc) is 2.63. The van der Waals surface area contributed by atoms with Gasteiger partial charge in [0.25, 0.3) is 0 Å². The maximum Gasteiger partial charge on any atom is 0.133 e. The molecule has 0 unspecified atom stereocenters. The summed E-state index contributed by atoms with van der Waals surface area (Å²) >= 11 is 0. The second-order valence-electron chi connectivity index (χ2n) is 2.81. The third kappa shape index (κ3) is 2.07. The lowest BCUT2D eigenvalue weighted by Crippen LogP contribution is -2.01. The van der Waals surface area contributed by atoms with Crippen LogP contribution in [0, 0.1) is 13.1 Å². The summed E-state index contributed by atoms with van der Waals surface area (Å²) in [6.45, 7) is 2.44. The van der Waals surface area contributed by atoms with Gasteiger partial charge in [0.15, 0.2) is 0 Å². The Labute approximate surface area is 81.2 Å². The van der Waals surface area contributed by atoms with Crippen molar-refractivity contribution in [3.8, 4) is 0 Å². The molecule has 0 atom stereocenters. The minimum Gasteiger partial charge on any atom is -0.364 e. The second kappa shape index (κ2) is 3.87. The van der Waals surface area contributed by atoms with Crippen LogP contribution in [0.5, 0.6) is 0 Å². The van der Waals surface area contributed by atoms with Crippen molar-refractivity contribution in [2.75, 3.05) is 5.32 Å². The SMILES string of the molecule is Cc1cc(CNc2c[c]ncn2)no1. The summed E-state index contributed by atoms with van der Waals surface area (Å²) in [6, 6.07) is 3.55. The van der Waals surface area contributed by atoms with E-state index < -0.39 is 0 Å². The zero-order chi connectivity index (χ0) is 9.80. The van der Waals surface area contributed by atoms with E-state index in [1.165, 1.54) is 6.33 Å². The Balaban J connectivity index is 1.95. The van der Waals surface area contributed by atoms with Gasteiger partial charge in [-0.15, -0.1) is 0 Å². The number of nitrogens with zero attached hydrogens (tertiary/aromatic N) is 3. The van der Waals surface area contributed by atoms with Crippen molar-refractivity contribution in [1.82, 2.24) is 15.1 Å². The fourth-order valence-corrected chi connectivity index (χ4v) is 1.04. The molecule has 0 fully saturated rings. The van der Waals surface area contributed by atoms with Crippen LogP contribution in [-0.4, -0.2) is 15.1 Å². The molecule has 0 saturated heterocycles. The van der Waals surface area contributed by atoms with Gasteiger partial charge in [-0.25, -0.2) is 9.97 Å². The smallest absolute Gasteiger partial charge is 0.133 e. The van der Waals surface area contributed by atoms with Crippen molar-refractivity contribution < 1.29 is 4.52 Å². The summed E-state index contributed by atoms with van der Waals surface area (Å²) in [5, 5.41) is 6.91. The molecule has 14 heavy (non-hydrogen) atoms. The molecule has 0 aromatic carbocycles. The first-order chi connectivity index (χ1) is 6.84. The van der Waals surface area contributed by atoms with Gasteiger partial charge in [-0.05, 0) is 6.92 Å². The topological polar surface area (TPSA) is 63.8 Å². The van der Waals surface area contributed by atoms with Gasteiger partial charge in [-0.1, -0.05) is 5.16 Å². The zero-order valence-corrected chi connectivity index (χ0v) is 7.69. The van der Waals surface area contributed by atoms with Gasteiger partial charge in [0.2, 0.25) is 0 Å². The molecule has 5 heteroatoms. The van der Waals surface area contributed by atoms with E-state index in [0.717, 1.165) is 17.3 Å². The van der Waals surface area contributed by atoms with Crippen molar-refractivity contribution >= 4 is 5.82 Å². The number of anilines is 1. The van der Waals surface area contributed by atoms with Gasteiger partial charge in [-0.3, -0.25) is 0 Å². The highest BCUT2D eigenvalue weighted by molar-refractivity contribution is 5.31. The molecule has 1 N–H and O–H groups in total. The van der Waals surface area contributed by atoms with Crippen molar-refractivity contribution in [1.29, 1.82) is 0 Å². The number of aromatic nitrogens is 3. The predicted molar refractivity (Wildman–Crippen MR) is 49.4 cm³/mol. The van der Waals surface area contributed by atoms with Crippen molar-refractivity contribution in [2.24, 2.45) is 0 Å². The van der Waals surface area contributed by atoms with Crippen LogP contribution in [0.1, 0.15) is 11.5 Å². The fraction of sp³-hybridized carbons (Fsp3) is 0.222. The molecule has 2 rings (SSSR count). The average molecular weight is 189 g/mol. The predicted octanol–water partition coefficient (Wildman–Crippen LogP) is 1.19. The number of hydrogen-bond acceptors (Lipinski definition) is 5. The quantitative estimate of drug-likeness (QED) is 0.785. The Morgan fingerprint density at radius 2 is 2.50 bits per heavy atom. The zero-order valence-electron chi connectivity index (χ0n) is 7.69. The molecule has 0 aliphatic carbocycles. The van der Waals surface area contributed by atoms with Crippen LogP contribution in [0.4, 0.5) is 5.82 Å². The first-order valence-electron chi connectivity index (χ1n) is 4.19. The van der Waals surface area contributed by atoms with Gasteiger partial charge >= 0.3 is 0 Å². The highest BCUT2D eigenvalue weighted by atomic mass is 16.5. The highest BCUT2D eigenvalue weighted by Crippen LogP contribution is 2.04. The van der Waals surface area contributed by atoms with Gasteiger partial charge in [0.05, 0.1) is 12.7 Å². The lowest BCUT2D eigenvalue weighted by Gasteiger charge is -1.99. The summed E-state index contributed by atoms with van der Waals surface area (Å²) < 4.78 is 4.92. The van der Waals surface area contributed by atoms with E-state index in [0.29, 0.717) is 6.54 Å². The minimum absolute atomic E-state index is 0.586. The standard InChI is InChI=1S/C9H9N4O/c1-7-4-8(13-14-7)5-11-9-2-3-10-6-12-9/h2,4,6H,5H2,1H3,(H,10,11,12). The van der Waals surface area contributed by atoms with E-state index in [1.54, 1.807) is 6.07 Å². The summed E-state index contributed by atoms with van der Waals surface area (Å²) in [7, 11) is 0. The van der Waals surface area contributed by atoms with Crippen molar-refractivity contribution in [3.05, 3.63) is 36.1 Å². The molecule has 0 saturated carbocycles. The largest absolute Gasteiger partial charge is 0.364 e. The molecule has 0 amide bonds. The third-order valence-electron chi connectivity index (χ3n) is 1.66. The van der Waals surface area contributed by atoms with E-state index in [-0.39, 0.29) is 0 Å². The molecule has 2 aromatic rings. The minimum atomic E-state index is 0.586.